The Morgan fingerprint density at radius 3 is 1.93 bits per heavy atom. The quantitative estimate of drug-likeness (QED) is 0.668. The largest absolute Gasteiger partial charge is 0.368 e. The first-order valence-electron chi connectivity index (χ1n) is 9.91. The van der Waals surface area contributed by atoms with E-state index in [0.717, 1.165) is 16.7 Å². The third kappa shape index (κ3) is 4.39. The van der Waals surface area contributed by atoms with E-state index in [1.165, 1.54) is 0 Å². The molecule has 29 heavy (non-hydrogen) atoms. The van der Waals surface area contributed by atoms with E-state index in [1.54, 1.807) is 4.90 Å². The molecule has 2 atom stereocenters. The lowest BCUT2D eigenvalue weighted by molar-refractivity contribution is -0.173. The van der Waals surface area contributed by atoms with E-state index >= 15 is 0 Å². The maximum absolute atomic E-state index is 12.9. The zero-order valence-corrected chi connectivity index (χ0v) is 16.3. The van der Waals surface area contributed by atoms with Crippen LogP contribution in [0.1, 0.15) is 23.1 Å². The lowest BCUT2D eigenvalue weighted by Crippen LogP contribution is -2.53. The minimum Gasteiger partial charge on any atom is -0.368 e. The molecule has 1 N–H and O–H groups in total. The van der Waals surface area contributed by atoms with Crippen molar-refractivity contribution in [3.63, 3.8) is 0 Å². The minimum atomic E-state index is -1.40. The number of rotatable bonds is 7. The van der Waals surface area contributed by atoms with Gasteiger partial charge in [-0.1, -0.05) is 91.0 Å². The van der Waals surface area contributed by atoms with Crippen LogP contribution in [0.25, 0.3) is 0 Å². The molecule has 0 radical (unpaired) electrons. The third-order valence-electron chi connectivity index (χ3n) is 5.43. The molecule has 1 fully saturated rings. The van der Waals surface area contributed by atoms with Crippen LogP contribution in [0.2, 0.25) is 0 Å². The molecule has 4 rings (SSSR count). The maximum Gasteiger partial charge on any atom is 0.228 e. The molecule has 0 aliphatic carbocycles. The first-order chi connectivity index (χ1) is 14.1. The number of hydrogen-bond acceptors (Lipinski definition) is 3. The van der Waals surface area contributed by atoms with Crippen LogP contribution in [0.3, 0.4) is 0 Å². The van der Waals surface area contributed by atoms with Crippen LogP contribution in [-0.4, -0.2) is 27.7 Å². The summed E-state index contributed by atoms with van der Waals surface area (Å²) >= 11 is 0. The Bertz CT molecular complexity index is 930. The van der Waals surface area contributed by atoms with E-state index < -0.39 is 11.8 Å². The fourth-order valence-corrected chi connectivity index (χ4v) is 3.88. The fourth-order valence-electron chi connectivity index (χ4n) is 3.88. The van der Waals surface area contributed by atoms with E-state index in [4.69, 9.17) is 4.74 Å². The second kappa shape index (κ2) is 8.60. The maximum atomic E-state index is 12.9. The summed E-state index contributed by atoms with van der Waals surface area (Å²) < 4.78 is 6.10. The van der Waals surface area contributed by atoms with Crippen molar-refractivity contribution >= 4 is 5.91 Å². The van der Waals surface area contributed by atoms with Crippen LogP contribution < -0.4 is 0 Å². The standard InChI is InChI=1S/C25H25NO3/c27-24-16-23(29-19-22-14-8-3-9-15-22)25(28,17-20-10-4-1-5-11-20)26(24)18-21-12-6-2-7-13-21/h1-15,23,28H,16-19H2/t23-,25+/m0/s1. The first-order valence-corrected chi connectivity index (χ1v) is 9.91. The lowest BCUT2D eigenvalue weighted by Gasteiger charge is -2.37. The molecule has 3 aromatic rings. The predicted molar refractivity (Wildman–Crippen MR) is 112 cm³/mol. The highest BCUT2D eigenvalue weighted by molar-refractivity contribution is 5.80. The summed E-state index contributed by atoms with van der Waals surface area (Å²) in [6, 6.07) is 29.3. The van der Waals surface area contributed by atoms with Gasteiger partial charge < -0.3 is 14.7 Å². The number of aliphatic hydroxyl groups is 1. The van der Waals surface area contributed by atoms with Crippen LogP contribution in [0.5, 0.6) is 0 Å². The summed E-state index contributed by atoms with van der Waals surface area (Å²) in [5, 5.41) is 11.8. The molecule has 4 heteroatoms. The molecule has 0 bridgehead atoms. The normalized spacial score (nSPS) is 21.5. The summed E-state index contributed by atoms with van der Waals surface area (Å²) in [6.45, 7) is 0.712. The zero-order valence-electron chi connectivity index (χ0n) is 16.3. The van der Waals surface area contributed by atoms with E-state index in [1.807, 2.05) is 91.0 Å². The first kappa shape index (κ1) is 19.4. The van der Waals surface area contributed by atoms with Gasteiger partial charge in [0.05, 0.1) is 13.0 Å². The van der Waals surface area contributed by atoms with Gasteiger partial charge in [0, 0.05) is 13.0 Å². The minimum absolute atomic E-state index is 0.0923. The topological polar surface area (TPSA) is 49.8 Å². The van der Waals surface area contributed by atoms with Gasteiger partial charge in [-0.25, -0.2) is 0 Å². The fraction of sp³-hybridized carbons (Fsp3) is 0.240. The molecule has 1 amide bonds. The van der Waals surface area contributed by atoms with Gasteiger partial charge in [-0.05, 0) is 16.7 Å². The van der Waals surface area contributed by atoms with Crippen LogP contribution >= 0.6 is 0 Å². The van der Waals surface area contributed by atoms with E-state index in [-0.39, 0.29) is 12.3 Å². The number of hydrogen-bond donors (Lipinski definition) is 1. The van der Waals surface area contributed by atoms with Gasteiger partial charge in [-0.3, -0.25) is 4.79 Å². The molecule has 148 valence electrons. The molecule has 0 unspecified atom stereocenters. The molecule has 0 aromatic heterocycles. The number of benzene rings is 3. The number of carbonyl (C=O) groups is 1. The van der Waals surface area contributed by atoms with Crippen molar-refractivity contribution in [3.8, 4) is 0 Å². The molecular formula is C25H25NO3. The Balaban J connectivity index is 1.59. The smallest absolute Gasteiger partial charge is 0.228 e. The van der Waals surface area contributed by atoms with Crippen LogP contribution in [0.15, 0.2) is 91.0 Å². The molecule has 0 saturated carbocycles. The van der Waals surface area contributed by atoms with Crippen LogP contribution in [0, 0.1) is 0 Å². The lowest BCUT2D eigenvalue weighted by atomic mass is 9.97. The molecule has 4 nitrogen and oxygen atoms in total. The zero-order chi connectivity index (χ0) is 20.1. The van der Waals surface area contributed by atoms with Crippen molar-refractivity contribution in [2.24, 2.45) is 0 Å². The molecule has 1 aliphatic rings. The van der Waals surface area contributed by atoms with Crippen LogP contribution in [0.4, 0.5) is 0 Å². The van der Waals surface area contributed by atoms with Crippen molar-refractivity contribution in [1.29, 1.82) is 0 Å². The summed E-state index contributed by atoms with van der Waals surface area (Å²) in [6.07, 6.45) is -0.103. The summed E-state index contributed by atoms with van der Waals surface area (Å²) in [4.78, 5) is 14.5. The Kier molecular flexibility index (Phi) is 5.74. The Morgan fingerprint density at radius 1 is 0.828 bits per heavy atom. The molecule has 0 spiro atoms. The summed E-state index contributed by atoms with van der Waals surface area (Å²) in [5.74, 6) is -0.0923. The second-order valence-corrected chi connectivity index (χ2v) is 7.50. The number of amides is 1. The van der Waals surface area contributed by atoms with Gasteiger partial charge in [0.1, 0.15) is 6.10 Å². The Morgan fingerprint density at radius 2 is 1.34 bits per heavy atom. The number of ether oxygens (including phenoxy) is 1. The van der Waals surface area contributed by atoms with Gasteiger partial charge in [-0.15, -0.1) is 0 Å². The van der Waals surface area contributed by atoms with Crippen molar-refractivity contribution in [1.82, 2.24) is 4.90 Å². The molecule has 1 saturated heterocycles. The molecule has 1 aliphatic heterocycles. The van der Waals surface area contributed by atoms with Crippen molar-refractivity contribution in [2.75, 3.05) is 0 Å². The van der Waals surface area contributed by atoms with Crippen molar-refractivity contribution < 1.29 is 14.6 Å². The van der Waals surface area contributed by atoms with Gasteiger partial charge >= 0.3 is 0 Å². The highest BCUT2D eigenvalue weighted by Gasteiger charge is 2.52. The number of likely N-dealkylation sites (tertiary alicyclic amines) is 1. The Hall–Kier alpha value is -2.95. The van der Waals surface area contributed by atoms with Gasteiger partial charge in [0.25, 0.3) is 0 Å². The average Bonchev–Trinajstić information content (AvgIpc) is 2.98. The van der Waals surface area contributed by atoms with Crippen molar-refractivity contribution in [3.05, 3.63) is 108 Å². The SMILES string of the molecule is O=C1C[C@H](OCc2ccccc2)[C@](O)(Cc2ccccc2)N1Cc1ccccc1. The highest BCUT2D eigenvalue weighted by Crippen LogP contribution is 2.35. The van der Waals surface area contributed by atoms with Gasteiger partial charge in [0.15, 0.2) is 5.72 Å². The third-order valence-corrected chi connectivity index (χ3v) is 5.43. The van der Waals surface area contributed by atoms with Gasteiger partial charge in [0.2, 0.25) is 5.91 Å². The highest BCUT2D eigenvalue weighted by atomic mass is 16.5. The second-order valence-electron chi connectivity index (χ2n) is 7.50. The van der Waals surface area contributed by atoms with Crippen LogP contribution in [-0.2, 0) is 29.1 Å². The Labute approximate surface area is 171 Å². The van der Waals surface area contributed by atoms with E-state index in [0.29, 0.717) is 19.6 Å². The number of carbonyl (C=O) groups excluding carboxylic acids is 1. The molecule has 3 aromatic carbocycles. The number of nitrogens with zero attached hydrogens (tertiary/aromatic N) is 1. The van der Waals surface area contributed by atoms with Crippen molar-refractivity contribution in [2.45, 2.75) is 37.8 Å². The van der Waals surface area contributed by atoms with E-state index in [2.05, 4.69) is 0 Å². The summed E-state index contributed by atoms with van der Waals surface area (Å²) in [5.41, 5.74) is 1.57. The average molecular weight is 387 g/mol. The monoisotopic (exact) mass is 387 g/mol. The predicted octanol–water partition coefficient (Wildman–Crippen LogP) is 3.94. The molecule has 1 heterocycles. The summed E-state index contributed by atoms with van der Waals surface area (Å²) in [7, 11) is 0. The van der Waals surface area contributed by atoms with E-state index in [9.17, 15) is 9.90 Å². The van der Waals surface area contributed by atoms with Gasteiger partial charge in [-0.2, -0.15) is 0 Å². The molecular weight excluding hydrogens is 362 g/mol.